The monoisotopic (exact) mass is 404 g/mol. The zero-order valence-corrected chi connectivity index (χ0v) is 19.7. The van der Waals surface area contributed by atoms with E-state index in [1.165, 1.54) is 112 Å². The molecule has 0 spiro atoms. The average molecular weight is 405 g/mol. The van der Waals surface area contributed by atoms with Crippen LogP contribution in [-0.4, -0.2) is 0 Å². The van der Waals surface area contributed by atoms with Crippen LogP contribution >= 0.6 is 0 Å². The first-order chi connectivity index (χ1) is 14.8. The Kier molecular flexibility index (Phi) is 10.0. The van der Waals surface area contributed by atoms with Crippen LogP contribution in [0.2, 0.25) is 0 Å². The van der Waals surface area contributed by atoms with Crippen molar-refractivity contribution in [3.05, 3.63) is 59.7 Å². The Morgan fingerprint density at radius 3 is 1.53 bits per heavy atom. The van der Waals surface area contributed by atoms with E-state index in [1.54, 1.807) is 0 Å². The maximum Gasteiger partial charge on any atom is -0.0184 e. The van der Waals surface area contributed by atoms with Crippen molar-refractivity contribution in [3.63, 3.8) is 0 Å². The molecule has 1 saturated carbocycles. The number of hydrogen-bond acceptors (Lipinski definition) is 0. The van der Waals surface area contributed by atoms with Crippen molar-refractivity contribution in [1.82, 2.24) is 0 Å². The smallest absolute Gasteiger partial charge is 0.0184 e. The van der Waals surface area contributed by atoms with Crippen LogP contribution in [0.4, 0.5) is 0 Å². The van der Waals surface area contributed by atoms with Crippen LogP contribution in [0.15, 0.2) is 48.5 Å². The number of rotatable bonds is 12. The number of aryl methyl sites for hydroxylation is 2. The SMILES string of the molecule is CCCCCc1ccc(-c2ccc(CCC3CCC(CCCCC)CC3)cc2)cc1. The van der Waals surface area contributed by atoms with Gasteiger partial charge in [0.25, 0.3) is 0 Å². The van der Waals surface area contributed by atoms with E-state index in [4.69, 9.17) is 0 Å². The maximum absolute atomic E-state index is 2.36. The molecule has 1 aliphatic carbocycles. The van der Waals surface area contributed by atoms with Gasteiger partial charge in [-0.15, -0.1) is 0 Å². The highest BCUT2D eigenvalue weighted by Gasteiger charge is 2.20. The summed E-state index contributed by atoms with van der Waals surface area (Å²) in [5, 5.41) is 0. The molecule has 0 bridgehead atoms. The van der Waals surface area contributed by atoms with Gasteiger partial charge in [0.1, 0.15) is 0 Å². The van der Waals surface area contributed by atoms with Crippen LogP contribution in [0, 0.1) is 11.8 Å². The lowest BCUT2D eigenvalue weighted by molar-refractivity contribution is 0.249. The van der Waals surface area contributed by atoms with Crippen molar-refractivity contribution in [1.29, 1.82) is 0 Å². The third-order valence-corrected chi connectivity index (χ3v) is 7.33. The maximum atomic E-state index is 2.36. The minimum absolute atomic E-state index is 0.965. The van der Waals surface area contributed by atoms with Gasteiger partial charge < -0.3 is 0 Å². The molecule has 0 aromatic heterocycles. The molecule has 0 radical (unpaired) electrons. The van der Waals surface area contributed by atoms with Gasteiger partial charge in [0.2, 0.25) is 0 Å². The van der Waals surface area contributed by atoms with Crippen molar-refractivity contribution in [3.8, 4) is 11.1 Å². The van der Waals surface area contributed by atoms with E-state index < -0.39 is 0 Å². The van der Waals surface area contributed by atoms with Crippen LogP contribution in [-0.2, 0) is 12.8 Å². The second-order valence-electron chi connectivity index (χ2n) is 9.77. The standard InChI is InChI=1S/C30H44/c1-3-5-7-9-25-11-13-27(14-12-25)15-16-28-19-23-30(24-20-28)29-21-17-26(18-22-29)10-8-6-4-2/h17-25,27H,3-16H2,1-2H3. The number of unbranched alkanes of at least 4 members (excludes halogenated alkanes) is 4. The molecule has 0 saturated heterocycles. The van der Waals surface area contributed by atoms with E-state index in [-0.39, 0.29) is 0 Å². The van der Waals surface area contributed by atoms with Gasteiger partial charge in [-0.1, -0.05) is 127 Å². The number of hydrogen-bond donors (Lipinski definition) is 0. The summed E-state index contributed by atoms with van der Waals surface area (Å²) in [5.74, 6) is 2.00. The second-order valence-corrected chi connectivity index (χ2v) is 9.77. The molecular weight excluding hydrogens is 360 g/mol. The predicted molar refractivity (Wildman–Crippen MR) is 133 cm³/mol. The first-order valence-corrected chi connectivity index (χ1v) is 13.0. The average Bonchev–Trinajstić information content (AvgIpc) is 2.80. The second kappa shape index (κ2) is 13.0. The third kappa shape index (κ3) is 7.60. The lowest BCUT2D eigenvalue weighted by atomic mass is 9.78. The molecule has 0 atom stereocenters. The summed E-state index contributed by atoms with van der Waals surface area (Å²) in [6.45, 7) is 4.58. The lowest BCUT2D eigenvalue weighted by Crippen LogP contribution is -2.15. The molecule has 1 fully saturated rings. The molecule has 0 N–H and O–H groups in total. The molecule has 0 heterocycles. The Hall–Kier alpha value is -1.56. The van der Waals surface area contributed by atoms with Gasteiger partial charge in [0.05, 0.1) is 0 Å². The quantitative estimate of drug-likeness (QED) is 0.309. The Bertz CT molecular complexity index is 686. The molecule has 0 heteroatoms. The van der Waals surface area contributed by atoms with Crippen LogP contribution in [0.3, 0.4) is 0 Å². The first-order valence-electron chi connectivity index (χ1n) is 13.0. The summed E-state index contributed by atoms with van der Waals surface area (Å²) in [5.41, 5.74) is 5.69. The van der Waals surface area contributed by atoms with Crippen molar-refractivity contribution < 1.29 is 0 Å². The van der Waals surface area contributed by atoms with Crippen molar-refractivity contribution in [2.45, 2.75) is 104 Å². The molecule has 3 rings (SSSR count). The zero-order chi connectivity index (χ0) is 21.0. The molecule has 30 heavy (non-hydrogen) atoms. The van der Waals surface area contributed by atoms with E-state index >= 15 is 0 Å². The normalized spacial score (nSPS) is 19.1. The van der Waals surface area contributed by atoms with Gasteiger partial charge in [-0.2, -0.15) is 0 Å². The fourth-order valence-corrected chi connectivity index (χ4v) is 5.17. The molecule has 0 nitrogen and oxygen atoms in total. The molecular formula is C30H44. The largest absolute Gasteiger partial charge is 0.0654 e. The summed E-state index contributed by atoms with van der Waals surface area (Å²) in [6, 6.07) is 18.6. The Morgan fingerprint density at radius 1 is 0.533 bits per heavy atom. The molecule has 0 amide bonds. The minimum atomic E-state index is 0.965. The Morgan fingerprint density at radius 2 is 1.00 bits per heavy atom. The van der Waals surface area contributed by atoms with E-state index in [2.05, 4.69) is 62.4 Å². The molecule has 0 unspecified atom stereocenters. The van der Waals surface area contributed by atoms with Crippen LogP contribution in [0.25, 0.3) is 11.1 Å². The molecule has 1 aliphatic rings. The van der Waals surface area contributed by atoms with Crippen molar-refractivity contribution in [2.24, 2.45) is 11.8 Å². The molecule has 2 aromatic rings. The summed E-state index contributed by atoms with van der Waals surface area (Å²) >= 11 is 0. The Balaban J connectivity index is 1.41. The van der Waals surface area contributed by atoms with Crippen molar-refractivity contribution in [2.75, 3.05) is 0 Å². The highest BCUT2D eigenvalue weighted by atomic mass is 14.3. The van der Waals surface area contributed by atoms with Gasteiger partial charge in [-0.25, -0.2) is 0 Å². The summed E-state index contributed by atoms with van der Waals surface area (Å²) < 4.78 is 0. The van der Waals surface area contributed by atoms with E-state index in [0.717, 1.165) is 11.8 Å². The zero-order valence-electron chi connectivity index (χ0n) is 19.7. The van der Waals surface area contributed by atoms with Gasteiger partial charge in [-0.3, -0.25) is 0 Å². The highest BCUT2D eigenvalue weighted by Crippen LogP contribution is 2.34. The molecule has 2 aromatic carbocycles. The van der Waals surface area contributed by atoms with Gasteiger partial charge >= 0.3 is 0 Å². The van der Waals surface area contributed by atoms with Crippen LogP contribution in [0.1, 0.15) is 102 Å². The summed E-state index contributed by atoms with van der Waals surface area (Å²) in [6.07, 6.45) is 19.4. The fourth-order valence-electron chi connectivity index (χ4n) is 5.17. The fraction of sp³-hybridized carbons (Fsp3) is 0.600. The summed E-state index contributed by atoms with van der Waals surface area (Å²) in [4.78, 5) is 0. The van der Waals surface area contributed by atoms with Crippen LogP contribution in [0.5, 0.6) is 0 Å². The highest BCUT2D eigenvalue weighted by molar-refractivity contribution is 5.63. The molecule has 0 aliphatic heterocycles. The Labute approximate surface area is 186 Å². The summed E-state index contributed by atoms with van der Waals surface area (Å²) in [7, 11) is 0. The topological polar surface area (TPSA) is 0 Å². The van der Waals surface area contributed by atoms with Gasteiger partial charge in [-0.05, 0) is 59.8 Å². The lowest BCUT2D eigenvalue weighted by Gasteiger charge is -2.28. The van der Waals surface area contributed by atoms with Gasteiger partial charge in [0, 0.05) is 0 Å². The third-order valence-electron chi connectivity index (χ3n) is 7.33. The van der Waals surface area contributed by atoms with E-state index in [9.17, 15) is 0 Å². The first kappa shape index (κ1) is 23.1. The van der Waals surface area contributed by atoms with Crippen molar-refractivity contribution >= 4 is 0 Å². The van der Waals surface area contributed by atoms with E-state index in [0.29, 0.717) is 0 Å². The van der Waals surface area contributed by atoms with E-state index in [1.807, 2.05) is 0 Å². The predicted octanol–water partition coefficient (Wildman–Crippen LogP) is 9.41. The minimum Gasteiger partial charge on any atom is -0.0654 e. The molecule has 164 valence electrons. The number of benzene rings is 2. The van der Waals surface area contributed by atoms with Gasteiger partial charge in [0.15, 0.2) is 0 Å². The van der Waals surface area contributed by atoms with Crippen LogP contribution < -0.4 is 0 Å².